The number of rotatable bonds is 3. The minimum absolute atomic E-state index is 0.0445. The standard InChI is InChI=1S/C18H18N6O3/c1-9(2)21-18(26)27-14-8-20-17-16(14)22-12(7-19-17)15-11-6-10(25)4-5-13(11)24(3)23-15/h4-9,25H,1-3H3,(H,19,20)(H,21,26). The molecule has 4 aromatic rings. The van der Waals surface area contributed by atoms with Gasteiger partial charge in [0.25, 0.3) is 0 Å². The molecule has 1 amide bonds. The number of hydrogen-bond acceptors (Lipinski definition) is 6. The van der Waals surface area contributed by atoms with E-state index < -0.39 is 6.09 Å². The van der Waals surface area contributed by atoms with Gasteiger partial charge >= 0.3 is 6.09 Å². The molecule has 0 atom stereocenters. The monoisotopic (exact) mass is 366 g/mol. The van der Waals surface area contributed by atoms with Gasteiger partial charge in [0, 0.05) is 24.7 Å². The number of hydrogen-bond donors (Lipinski definition) is 3. The molecule has 27 heavy (non-hydrogen) atoms. The Kier molecular flexibility index (Phi) is 3.91. The van der Waals surface area contributed by atoms with Gasteiger partial charge in [-0.05, 0) is 32.0 Å². The largest absolute Gasteiger partial charge is 0.508 e. The van der Waals surface area contributed by atoms with Gasteiger partial charge in [-0.25, -0.2) is 14.8 Å². The van der Waals surface area contributed by atoms with E-state index in [0.717, 1.165) is 10.9 Å². The van der Waals surface area contributed by atoms with Crippen molar-refractivity contribution in [2.24, 2.45) is 7.05 Å². The van der Waals surface area contributed by atoms with Crippen molar-refractivity contribution in [1.29, 1.82) is 0 Å². The number of aromatic amines is 1. The maximum absolute atomic E-state index is 11.9. The zero-order valence-electron chi connectivity index (χ0n) is 15.0. The molecule has 3 aromatic heterocycles. The van der Waals surface area contributed by atoms with Gasteiger partial charge in [0.2, 0.25) is 0 Å². The highest BCUT2D eigenvalue weighted by Crippen LogP contribution is 2.31. The summed E-state index contributed by atoms with van der Waals surface area (Å²) in [5, 5.41) is 17.7. The summed E-state index contributed by atoms with van der Waals surface area (Å²) in [4.78, 5) is 23.7. The number of aryl methyl sites for hydroxylation is 1. The maximum atomic E-state index is 11.9. The number of nitrogens with one attached hydrogen (secondary N) is 2. The molecule has 1 aromatic carbocycles. The number of carbonyl (C=O) groups is 1. The Balaban J connectivity index is 1.79. The number of nitrogens with zero attached hydrogens (tertiary/aromatic N) is 4. The van der Waals surface area contributed by atoms with Crippen molar-refractivity contribution >= 4 is 28.2 Å². The first-order valence-corrected chi connectivity index (χ1v) is 8.41. The zero-order valence-corrected chi connectivity index (χ0v) is 15.0. The van der Waals surface area contributed by atoms with Crippen molar-refractivity contribution in [1.82, 2.24) is 30.0 Å². The van der Waals surface area contributed by atoms with Crippen LogP contribution in [0.15, 0.2) is 30.6 Å². The summed E-state index contributed by atoms with van der Waals surface area (Å²) in [5.74, 6) is 0.419. The fraction of sp³-hybridized carbons (Fsp3) is 0.222. The third-order valence-corrected chi connectivity index (χ3v) is 4.03. The average Bonchev–Trinajstić information content (AvgIpc) is 3.15. The molecule has 4 rings (SSSR count). The van der Waals surface area contributed by atoms with Crippen molar-refractivity contribution in [2.45, 2.75) is 19.9 Å². The number of benzene rings is 1. The molecule has 0 aliphatic heterocycles. The summed E-state index contributed by atoms with van der Waals surface area (Å²) in [5.41, 5.74) is 2.86. The predicted octanol–water partition coefficient (Wildman–Crippen LogP) is 2.71. The highest BCUT2D eigenvalue weighted by molar-refractivity contribution is 5.94. The molecule has 0 unspecified atom stereocenters. The Hall–Kier alpha value is -3.62. The van der Waals surface area contributed by atoms with Crippen molar-refractivity contribution in [3.8, 4) is 22.9 Å². The second kappa shape index (κ2) is 6.27. The summed E-state index contributed by atoms with van der Waals surface area (Å²) in [7, 11) is 1.82. The zero-order chi connectivity index (χ0) is 19.1. The van der Waals surface area contributed by atoms with Gasteiger partial charge in [-0.1, -0.05) is 0 Å². The molecule has 3 heterocycles. The molecule has 0 saturated carbocycles. The minimum atomic E-state index is -0.564. The minimum Gasteiger partial charge on any atom is -0.508 e. The van der Waals surface area contributed by atoms with Gasteiger partial charge in [-0.2, -0.15) is 5.10 Å². The van der Waals surface area contributed by atoms with E-state index in [9.17, 15) is 9.90 Å². The van der Waals surface area contributed by atoms with Gasteiger partial charge in [0.05, 0.1) is 11.7 Å². The molecule has 0 saturated heterocycles. The number of ether oxygens (including phenoxy) is 1. The molecule has 9 heteroatoms. The Labute approximate surface area is 154 Å². The van der Waals surface area contributed by atoms with Crippen LogP contribution in [0.3, 0.4) is 0 Å². The number of phenolic OH excluding ortho intramolecular Hbond substituents is 1. The number of phenols is 1. The molecule has 138 valence electrons. The fourth-order valence-corrected chi connectivity index (χ4v) is 2.87. The normalized spacial score (nSPS) is 11.4. The Morgan fingerprint density at radius 1 is 1.37 bits per heavy atom. The number of aromatic hydroxyl groups is 1. The van der Waals surface area contributed by atoms with E-state index in [1.54, 1.807) is 29.1 Å². The quantitative estimate of drug-likeness (QED) is 0.513. The smallest absolute Gasteiger partial charge is 0.412 e. The summed E-state index contributed by atoms with van der Waals surface area (Å²) in [6.07, 6.45) is 2.56. The van der Waals surface area contributed by atoms with Crippen molar-refractivity contribution in [3.63, 3.8) is 0 Å². The molecule has 0 radical (unpaired) electrons. The lowest BCUT2D eigenvalue weighted by molar-refractivity contribution is 0.198. The van der Waals surface area contributed by atoms with E-state index in [-0.39, 0.29) is 17.5 Å². The van der Waals surface area contributed by atoms with E-state index >= 15 is 0 Å². The van der Waals surface area contributed by atoms with E-state index in [0.29, 0.717) is 22.6 Å². The van der Waals surface area contributed by atoms with Crippen LogP contribution in [-0.4, -0.2) is 42.0 Å². The van der Waals surface area contributed by atoms with Gasteiger partial charge in [0.15, 0.2) is 16.9 Å². The third-order valence-electron chi connectivity index (χ3n) is 4.03. The topological polar surface area (TPSA) is 118 Å². The van der Waals surface area contributed by atoms with Crippen LogP contribution < -0.4 is 10.1 Å². The van der Waals surface area contributed by atoms with Crippen LogP contribution in [0, 0.1) is 0 Å². The number of carbonyl (C=O) groups excluding carboxylic acids is 1. The lowest BCUT2D eigenvalue weighted by atomic mass is 10.1. The van der Waals surface area contributed by atoms with Gasteiger partial charge in [-0.3, -0.25) is 4.68 Å². The number of H-pyrrole nitrogens is 1. The van der Waals surface area contributed by atoms with Crippen LogP contribution in [-0.2, 0) is 7.05 Å². The molecule has 0 bridgehead atoms. The van der Waals surface area contributed by atoms with Crippen molar-refractivity contribution in [3.05, 3.63) is 30.6 Å². The number of aromatic nitrogens is 5. The second-order valence-corrected chi connectivity index (χ2v) is 6.47. The lowest BCUT2D eigenvalue weighted by Crippen LogP contribution is -2.32. The summed E-state index contributed by atoms with van der Waals surface area (Å²) in [6, 6.07) is 4.98. The number of amides is 1. The molecule has 0 spiro atoms. The maximum Gasteiger partial charge on any atom is 0.412 e. The van der Waals surface area contributed by atoms with Crippen LogP contribution >= 0.6 is 0 Å². The van der Waals surface area contributed by atoms with Crippen LogP contribution in [0.5, 0.6) is 11.5 Å². The third kappa shape index (κ3) is 3.03. The number of fused-ring (bicyclic) bond motifs is 2. The lowest BCUT2D eigenvalue weighted by Gasteiger charge is -2.07. The van der Waals surface area contributed by atoms with E-state index in [4.69, 9.17) is 4.74 Å². The molecule has 9 nitrogen and oxygen atoms in total. The van der Waals surface area contributed by atoms with Crippen LogP contribution in [0.2, 0.25) is 0 Å². The Bertz CT molecular complexity index is 1160. The summed E-state index contributed by atoms with van der Waals surface area (Å²) >= 11 is 0. The second-order valence-electron chi connectivity index (χ2n) is 6.47. The average molecular weight is 366 g/mol. The fourth-order valence-electron chi connectivity index (χ4n) is 2.87. The first kappa shape index (κ1) is 16.8. The Morgan fingerprint density at radius 2 is 2.19 bits per heavy atom. The van der Waals surface area contributed by atoms with Crippen LogP contribution in [0.4, 0.5) is 4.79 Å². The van der Waals surface area contributed by atoms with E-state index in [2.05, 4.69) is 25.4 Å². The summed E-state index contributed by atoms with van der Waals surface area (Å²) < 4.78 is 7.04. The molecular weight excluding hydrogens is 348 g/mol. The molecular formula is C18H18N6O3. The highest BCUT2D eigenvalue weighted by atomic mass is 16.6. The van der Waals surface area contributed by atoms with E-state index in [1.165, 1.54) is 6.20 Å². The van der Waals surface area contributed by atoms with Crippen molar-refractivity contribution in [2.75, 3.05) is 0 Å². The SMILES string of the molecule is CC(C)NC(=O)Oc1c[nH]c2ncc(-c3nn(C)c4ccc(O)cc34)nc12. The molecule has 0 aliphatic carbocycles. The van der Waals surface area contributed by atoms with Crippen molar-refractivity contribution < 1.29 is 14.6 Å². The molecule has 0 aliphatic rings. The first-order valence-electron chi connectivity index (χ1n) is 8.41. The molecule has 0 fully saturated rings. The van der Waals surface area contributed by atoms with Gasteiger partial charge in [0.1, 0.15) is 17.1 Å². The van der Waals surface area contributed by atoms with Gasteiger partial charge in [-0.15, -0.1) is 0 Å². The van der Waals surface area contributed by atoms with Crippen LogP contribution in [0.1, 0.15) is 13.8 Å². The van der Waals surface area contributed by atoms with E-state index in [1.807, 2.05) is 20.9 Å². The highest BCUT2D eigenvalue weighted by Gasteiger charge is 2.17. The molecule has 3 N–H and O–H groups in total. The first-order chi connectivity index (χ1) is 12.9. The van der Waals surface area contributed by atoms with Gasteiger partial charge < -0.3 is 20.1 Å². The van der Waals surface area contributed by atoms with Crippen LogP contribution in [0.25, 0.3) is 33.5 Å². The summed E-state index contributed by atoms with van der Waals surface area (Å²) in [6.45, 7) is 3.69. The Morgan fingerprint density at radius 3 is 2.96 bits per heavy atom. The predicted molar refractivity (Wildman–Crippen MR) is 99.6 cm³/mol.